The fourth-order valence-corrected chi connectivity index (χ4v) is 5.42. The molecular weight excluding hydrogens is 434 g/mol. The van der Waals surface area contributed by atoms with Crippen LogP contribution in [0.25, 0.3) is 11.0 Å². The maximum Gasteiger partial charge on any atom is 0.251 e. The highest BCUT2D eigenvalue weighted by Gasteiger charge is 2.30. The van der Waals surface area contributed by atoms with Gasteiger partial charge in [0.1, 0.15) is 5.69 Å². The number of carbonyl (C=O) groups excluding carboxylic acids is 1. The van der Waals surface area contributed by atoms with E-state index in [0.29, 0.717) is 33.8 Å². The molecule has 156 valence electrons. The Morgan fingerprint density at radius 1 is 1.31 bits per heavy atom. The third kappa shape index (κ3) is 4.15. The number of nitrogens with zero attached hydrogens (tertiary/aromatic N) is 5. The van der Waals surface area contributed by atoms with Crippen LogP contribution in [0, 0.1) is 13.8 Å². The molecule has 0 saturated heterocycles. The lowest BCUT2D eigenvalue weighted by molar-refractivity contribution is -0.115. The minimum absolute atomic E-state index is 0.0854. The van der Waals surface area contributed by atoms with Crippen molar-refractivity contribution < 1.29 is 13.2 Å². The van der Waals surface area contributed by atoms with Crippen molar-refractivity contribution in [3.63, 3.8) is 0 Å². The predicted molar refractivity (Wildman–Crippen MR) is 116 cm³/mol. The Hall–Kier alpha value is -2.04. The Morgan fingerprint density at radius 3 is 2.55 bits per heavy atom. The van der Waals surface area contributed by atoms with Crippen LogP contribution in [0.3, 0.4) is 0 Å². The quantitative estimate of drug-likeness (QED) is 0.530. The van der Waals surface area contributed by atoms with Gasteiger partial charge in [-0.2, -0.15) is 5.10 Å². The van der Waals surface area contributed by atoms with Gasteiger partial charge in [0.05, 0.1) is 34.4 Å². The highest BCUT2D eigenvalue weighted by atomic mass is 35.5. The standard InChI is InChI=1S/C18H22ClN5O3S2/c1-6-23-15-8-7-13(19)9-14(15)20-18(23)28-10-16(25)24(29(5,26)27)17-11(2)21-22(4)12(17)3/h7-9H,6,10H2,1-5H3. The van der Waals surface area contributed by atoms with Gasteiger partial charge in [-0.25, -0.2) is 17.7 Å². The number of benzene rings is 1. The molecule has 0 unspecified atom stereocenters. The molecule has 29 heavy (non-hydrogen) atoms. The maximum absolute atomic E-state index is 13.0. The van der Waals surface area contributed by atoms with E-state index in [0.717, 1.165) is 21.6 Å². The summed E-state index contributed by atoms with van der Waals surface area (Å²) in [6, 6.07) is 5.43. The maximum atomic E-state index is 13.0. The Labute approximate surface area is 178 Å². The molecule has 0 aliphatic heterocycles. The zero-order valence-electron chi connectivity index (χ0n) is 16.8. The van der Waals surface area contributed by atoms with E-state index < -0.39 is 15.9 Å². The summed E-state index contributed by atoms with van der Waals surface area (Å²) in [4.78, 5) is 17.5. The van der Waals surface area contributed by atoms with Crippen molar-refractivity contribution in [3.8, 4) is 0 Å². The van der Waals surface area contributed by atoms with E-state index in [9.17, 15) is 13.2 Å². The average molecular weight is 456 g/mol. The molecule has 0 saturated carbocycles. The van der Waals surface area contributed by atoms with Crippen LogP contribution in [0.15, 0.2) is 23.4 Å². The monoisotopic (exact) mass is 455 g/mol. The number of sulfonamides is 1. The molecule has 1 aromatic carbocycles. The minimum Gasteiger partial charge on any atom is -0.319 e. The number of rotatable bonds is 6. The summed E-state index contributed by atoms with van der Waals surface area (Å²) >= 11 is 7.25. The summed E-state index contributed by atoms with van der Waals surface area (Å²) in [5.74, 6) is -0.637. The average Bonchev–Trinajstić information content (AvgIpc) is 3.09. The highest BCUT2D eigenvalue weighted by Crippen LogP contribution is 2.30. The molecule has 0 spiro atoms. The van der Waals surface area contributed by atoms with Gasteiger partial charge in [-0.05, 0) is 39.0 Å². The summed E-state index contributed by atoms with van der Waals surface area (Å²) in [5, 5.41) is 5.44. The molecule has 3 rings (SSSR count). The number of aromatic nitrogens is 4. The number of amides is 1. The topological polar surface area (TPSA) is 90.1 Å². The van der Waals surface area contributed by atoms with Crippen LogP contribution >= 0.6 is 23.4 Å². The van der Waals surface area contributed by atoms with Gasteiger partial charge in [0.25, 0.3) is 5.91 Å². The predicted octanol–water partition coefficient (Wildman–Crippen LogP) is 3.14. The largest absolute Gasteiger partial charge is 0.319 e. The molecule has 1 amide bonds. The number of fused-ring (bicyclic) bond motifs is 1. The molecule has 8 nitrogen and oxygen atoms in total. The van der Waals surface area contributed by atoms with E-state index in [2.05, 4.69) is 10.1 Å². The Morgan fingerprint density at radius 2 is 2.00 bits per heavy atom. The number of carbonyl (C=O) groups is 1. The Kier molecular flexibility index (Phi) is 5.98. The van der Waals surface area contributed by atoms with Crippen LogP contribution in [0.1, 0.15) is 18.3 Å². The van der Waals surface area contributed by atoms with Crippen LogP contribution in [0.2, 0.25) is 5.02 Å². The second-order valence-corrected chi connectivity index (χ2v) is 9.83. The summed E-state index contributed by atoms with van der Waals surface area (Å²) in [7, 11) is -2.12. The second kappa shape index (κ2) is 8.00. The number of imidazole rings is 1. The van der Waals surface area contributed by atoms with Gasteiger partial charge in [0, 0.05) is 18.6 Å². The first-order chi connectivity index (χ1) is 13.5. The van der Waals surface area contributed by atoms with E-state index in [1.54, 1.807) is 37.7 Å². The van der Waals surface area contributed by atoms with Gasteiger partial charge in [0.2, 0.25) is 10.0 Å². The molecule has 0 aliphatic carbocycles. The molecule has 2 aromatic heterocycles. The van der Waals surface area contributed by atoms with Crippen LogP contribution in [-0.4, -0.2) is 45.7 Å². The lowest BCUT2D eigenvalue weighted by Crippen LogP contribution is -2.38. The van der Waals surface area contributed by atoms with Crippen LogP contribution < -0.4 is 4.31 Å². The van der Waals surface area contributed by atoms with Crippen molar-refractivity contribution in [2.45, 2.75) is 32.5 Å². The number of thioether (sulfide) groups is 1. The normalized spacial score (nSPS) is 11.9. The molecule has 0 radical (unpaired) electrons. The van der Waals surface area contributed by atoms with Crippen molar-refractivity contribution in [2.24, 2.45) is 7.05 Å². The Bertz CT molecular complexity index is 1200. The fraction of sp³-hybridized carbons (Fsp3) is 0.389. The number of hydrogen-bond acceptors (Lipinski definition) is 6. The lowest BCUT2D eigenvalue weighted by atomic mass is 10.3. The molecular formula is C18H22ClN5O3S2. The second-order valence-electron chi connectivity index (χ2n) is 6.62. The van der Waals surface area contributed by atoms with Gasteiger partial charge in [-0.15, -0.1) is 0 Å². The van der Waals surface area contributed by atoms with Crippen molar-refractivity contribution in [3.05, 3.63) is 34.6 Å². The number of aryl methyl sites for hydroxylation is 3. The number of halogens is 1. The van der Waals surface area contributed by atoms with E-state index in [4.69, 9.17) is 11.6 Å². The van der Waals surface area contributed by atoms with Crippen LogP contribution in [0.4, 0.5) is 5.69 Å². The Balaban J connectivity index is 1.93. The van der Waals surface area contributed by atoms with Crippen molar-refractivity contribution >= 4 is 56.0 Å². The van der Waals surface area contributed by atoms with Crippen LogP contribution in [-0.2, 0) is 28.4 Å². The summed E-state index contributed by atoms with van der Waals surface area (Å²) < 4.78 is 29.2. The summed E-state index contributed by atoms with van der Waals surface area (Å²) in [6.07, 6.45) is 1.02. The SMILES string of the molecule is CCn1c(SCC(=O)N(c2c(C)nn(C)c2C)S(C)(=O)=O)nc2cc(Cl)ccc21. The fourth-order valence-electron chi connectivity index (χ4n) is 3.21. The molecule has 0 aliphatic rings. The van der Waals surface area contributed by atoms with E-state index >= 15 is 0 Å². The first kappa shape index (κ1) is 21.7. The van der Waals surface area contributed by atoms with Gasteiger partial charge in [-0.3, -0.25) is 9.48 Å². The van der Waals surface area contributed by atoms with Gasteiger partial charge < -0.3 is 4.57 Å². The van der Waals surface area contributed by atoms with E-state index in [-0.39, 0.29) is 5.75 Å². The first-order valence-electron chi connectivity index (χ1n) is 8.86. The van der Waals surface area contributed by atoms with E-state index in [1.807, 2.05) is 17.6 Å². The highest BCUT2D eigenvalue weighted by molar-refractivity contribution is 8.00. The van der Waals surface area contributed by atoms with Crippen molar-refractivity contribution in [1.82, 2.24) is 19.3 Å². The molecule has 11 heteroatoms. The van der Waals surface area contributed by atoms with E-state index in [1.165, 1.54) is 11.8 Å². The molecule has 0 bridgehead atoms. The van der Waals surface area contributed by atoms with Crippen LogP contribution in [0.5, 0.6) is 0 Å². The first-order valence-corrected chi connectivity index (χ1v) is 12.1. The minimum atomic E-state index is -3.83. The molecule has 0 fully saturated rings. The zero-order chi connectivity index (χ0) is 21.5. The molecule has 0 atom stereocenters. The number of hydrogen-bond donors (Lipinski definition) is 0. The van der Waals surface area contributed by atoms with Gasteiger partial charge in [0.15, 0.2) is 5.16 Å². The molecule has 2 heterocycles. The summed E-state index contributed by atoms with van der Waals surface area (Å²) in [5.41, 5.74) is 3.02. The third-order valence-electron chi connectivity index (χ3n) is 4.55. The van der Waals surface area contributed by atoms with Crippen molar-refractivity contribution in [1.29, 1.82) is 0 Å². The third-order valence-corrected chi connectivity index (χ3v) is 6.79. The number of anilines is 1. The zero-order valence-corrected chi connectivity index (χ0v) is 19.2. The van der Waals surface area contributed by atoms with Gasteiger partial charge >= 0.3 is 0 Å². The molecule has 0 N–H and O–H groups in total. The summed E-state index contributed by atoms with van der Waals surface area (Å²) in [6.45, 7) is 6.05. The molecule has 3 aromatic rings. The van der Waals surface area contributed by atoms with Crippen molar-refractivity contribution in [2.75, 3.05) is 16.3 Å². The van der Waals surface area contributed by atoms with Gasteiger partial charge in [-0.1, -0.05) is 23.4 Å². The lowest BCUT2D eigenvalue weighted by Gasteiger charge is -2.20. The smallest absolute Gasteiger partial charge is 0.251 e.